The molecule has 0 unspecified atom stereocenters. The van der Waals surface area contributed by atoms with Crippen molar-refractivity contribution < 1.29 is 28.9 Å². The van der Waals surface area contributed by atoms with Crippen LogP contribution in [0.5, 0.6) is 11.5 Å². The van der Waals surface area contributed by atoms with Crippen molar-refractivity contribution in [1.82, 2.24) is 10.3 Å². The molecule has 3 N–H and O–H groups in total. The van der Waals surface area contributed by atoms with Crippen LogP contribution in [0.4, 0.5) is 4.39 Å². The molecule has 220 valence electrons. The first-order valence-electron chi connectivity index (χ1n) is 13.8. The van der Waals surface area contributed by atoms with Gasteiger partial charge >= 0.3 is 5.97 Å². The van der Waals surface area contributed by atoms with Gasteiger partial charge in [0.2, 0.25) is 0 Å². The molecule has 2 atom stereocenters. The van der Waals surface area contributed by atoms with E-state index in [0.29, 0.717) is 33.2 Å². The van der Waals surface area contributed by atoms with Crippen LogP contribution in [0.1, 0.15) is 46.8 Å². The number of pyridine rings is 1. The lowest BCUT2D eigenvalue weighted by molar-refractivity contribution is -0.140. The van der Waals surface area contributed by atoms with E-state index in [-0.39, 0.29) is 38.1 Å². The fraction of sp³-hybridized carbons (Fsp3) is 0.242. The van der Waals surface area contributed by atoms with Gasteiger partial charge in [0, 0.05) is 42.7 Å². The van der Waals surface area contributed by atoms with Crippen molar-refractivity contribution in [2.75, 3.05) is 6.61 Å². The zero-order valence-electron chi connectivity index (χ0n) is 23.1. The zero-order valence-corrected chi connectivity index (χ0v) is 23.9. The van der Waals surface area contributed by atoms with E-state index in [9.17, 15) is 24.7 Å². The number of aliphatic hydroxyl groups is 1. The SMILES string of the molecule is N#Cc1cncc(COc2cc(O[C@H]3CCc4c(-c5ccc(F)cc5)cccc43)c(Cl)cc2CN[C@@H](CCO)C(=O)O)c1. The first-order chi connectivity index (χ1) is 20.9. The molecule has 0 bridgehead atoms. The summed E-state index contributed by atoms with van der Waals surface area (Å²) in [6, 6.07) is 18.6. The number of nitriles is 1. The Morgan fingerprint density at radius 2 is 1.98 bits per heavy atom. The van der Waals surface area contributed by atoms with Crippen molar-refractivity contribution in [3.63, 3.8) is 0 Å². The minimum absolute atomic E-state index is 0.0358. The maximum absolute atomic E-state index is 13.5. The summed E-state index contributed by atoms with van der Waals surface area (Å²) in [6.45, 7) is -0.0756. The summed E-state index contributed by atoms with van der Waals surface area (Å²) >= 11 is 6.70. The third-order valence-electron chi connectivity index (χ3n) is 7.33. The molecule has 10 heteroatoms. The van der Waals surface area contributed by atoms with Gasteiger partial charge < -0.3 is 25.0 Å². The minimum Gasteiger partial charge on any atom is -0.488 e. The van der Waals surface area contributed by atoms with E-state index in [1.165, 1.54) is 18.3 Å². The highest BCUT2D eigenvalue weighted by Crippen LogP contribution is 2.43. The van der Waals surface area contributed by atoms with Crippen LogP contribution in [0.3, 0.4) is 0 Å². The van der Waals surface area contributed by atoms with E-state index in [1.54, 1.807) is 36.5 Å². The molecule has 0 amide bonds. The average Bonchev–Trinajstić information content (AvgIpc) is 3.43. The fourth-order valence-electron chi connectivity index (χ4n) is 5.19. The summed E-state index contributed by atoms with van der Waals surface area (Å²) in [6.07, 6.45) is 4.32. The van der Waals surface area contributed by atoms with Crippen molar-refractivity contribution in [2.45, 2.75) is 44.6 Å². The number of halogens is 2. The molecule has 0 spiro atoms. The van der Waals surface area contributed by atoms with Gasteiger partial charge in [0.25, 0.3) is 0 Å². The molecule has 0 radical (unpaired) electrons. The molecule has 8 nitrogen and oxygen atoms in total. The van der Waals surface area contributed by atoms with Crippen LogP contribution in [0.25, 0.3) is 11.1 Å². The molecule has 0 aliphatic heterocycles. The van der Waals surface area contributed by atoms with Crippen LogP contribution in [0.15, 0.2) is 73.1 Å². The zero-order chi connectivity index (χ0) is 30.3. The minimum atomic E-state index is -1.08. The molecule has 0 saturated carbocycles. The van der Waals surface area contributed by atoms with Crippen LogP contribution in [0, 0.1) is 17.1 Å². The number of carboxylic acids is 1. The second kappa shape index (κ2) is 13.7. The molecule has 5 rings (SSSR count). The molecule has 0 saturated heterocycles. The Morgan fingerprint density at radius 1 is 1.16 bits per heavy atom. The fourth-order valence-corrected chi connectivity index (χ4v) is 5.43. The Labute approximate surface area is 253 Å². The lowest BCUT2D eigenvalue weighted by Crippen LogP contribution is -2.37. The van der Waals surface area contributed by atoms with E-state index in [1.807, 2.05) is 18.2 Å². The number of ether oxygens (including phenoxy) is 2. The van der Waals surface area contributed by atoms with Crippen molar-refractivity contribution in [2.24, 2.45) is 0 Å². The van der Waals surface area contributed by atoms with Gasteiger partial charge in [-0.2, -0.15) is 5.26 Å². The molecular weight excluding hydrogens is 573 g/mol. The molecule has 0 fully saturated rings. The van der Waals surface area contributed by atoms with Crippen LogP contribution in [-0.2, 0) is 24.4 Å². The highest BCUT2D eigenvalue weighted by Gasteiger charge is 2.28. The number of nitrogens with one attached hydrogen (secondary N) is 1. The van der Waals surface area contributed by atoms with E-state index in [0.717, 1.165) is 35.1 Å². The number of aromatic nitrogens is 1. The summed E-state index contributed by atoms with van der Waals surface area (Å²) in [5, 5.41) is 31.2. The van der Waals surface area contributed by atoms with Gasteiger partial charge in [-0.15, -0.1) is 0 Å². The van der Waals surface area contributed by atoms with Gasteiger partial charge in [0.15, 0.2) is 0 Å². The van der Waals surface area contributed by atoms with Gasteiger partial charge in [0.05, 0.1) is 10.6 Å². The third-order valence-corrected chi connectivity index (χ3v) is 7.62. The maximum atomic E-state index is 13.5. The number of carbonyl (C=O) groups is 1. The van der Waals surface area contributed by atoms with Gasteiger partial charge in [0.1, 0.15) is 42.1 Å². The van der Waals surface area contributed by atoms with Crippen molar-refractivity contribution in [3.05, 3.63) is 112 Å². The van der Waals surface area contributed by atoms with Crippen LogP contribution >= 0.6 is 11.6 Å². The van der Waals surface area contributed by atoms with Crippen LogP contribution in [-0.4, -0.2) is 33.8 Å². The third kappa shape index (κ3) is 7.12. The Hall–Kier alpha value is -4.49. The Kier molecular flexibility index (Phi) is 9.52. The highest BCUT2D eigenvalue weighted by atomic mass is 35.5. The van der Waals surface area contributed by atoms with Gasteiger partial charge in [-0.25, -0.2) is 4.39 Å². The molecule has 1 aromatic heterocycles. The second-order valence-electron chi connectivity index (χ2n) is 10.2. The lowest BCUT2D eigenvalue weighted by Gasteiger charge is -2.20. The summed E-state index contributed by atoms with van der Waals surface area (Å²) in [7, 11) is 0. The van der Waals surface area contributed by atoms with Crippen LogP contribution in [0.2, 0.25) is 5.02 Å². The smallest absolute Gasteiger partial charge is 0.320 e. The first kappa shape index (κ1) is 30.0. The van der Waals surface area contributed by atoms with Crippen molar-refractivity contribution >= 4 is 17.6 Å². The predicted molar refractivity (Wildman–Crippen MR) is 158 cm³/mol. The van der Waals surface area contributed by atoms with E-state index < -0.39 is 12.0 Å². The Bertz CT molecular complexity index is 1660. The van der Waals surface area contributed by atoms with Crippen molar-refractivity contribution in [1.29, 1.82) is 5.26 Å². The number of nitrogens with zero attached hydrogens (tertiary/aromatic N) is 2. The summed E-state index contributed by atoms with van der Waals surface area (Å²) < 4.78 is 26.1. The van der Waals surface area contributed by atoms with E-state index in [4.69, 9.17) is 21.1 Å². The largest absolute Gasteiger partial charge is 0.488 e. The summed E-state index contributed by atoms with van der Waals surface area (Å²) in [4.78, 5) is 15.7. The number of rotatable bonds is 12. The van der Waals surface area contributed by atoms with E-state index >= 15 is 0 Å². The van der Waals surface area contributed by atoms with Gasteiger partial charge in [-0.1, -0.05) is 41.9 Å². The molecule has 43 heavy (non-hydrogen) atoms. The molecule has 1 heterocycles. The summed E-state index contributed by atoms with van der Waals surface area (Å²) in [5.74, 6) is -0.549. The number of hydrogen-bond donors (Lipinski definition) is 3. The first-order valence-corrected chi connectivity index (χ1v) is 14.1. The predicted octanol–water partition coefficient (Wildman–Crippen LogP) is 5.98. The molecule has 3 aromatic carbocycles. The summed E-state index contributed by atoms with van der Waals surface area (Å²) in [5.41, 5.74) is 5.80. The van der Waals surface area contributed by atoms with Crippen molar-refractivity contribution in [3.8, 4) is 28.7 Å². The molecule has 4 aromatic rings. The van der Waals surface area contributed by atoms with E-state index in [2.05, 4.69) is 16.4 Å². The quantitative estimate of drug-likeness (QED) is 0.181. The monoisotopic (exact) mass is 601 g/mol. The van der Waals surface area contributed by atoms with Crippen LogP contribution < -0.4 is 14.8 Å². The number of benzene rings is 3. The lowest BCUT2D eigenvalue weighted by atomic mass is 9.97. The number of aliphatic carboxylic acids is 1. The highest BCUT2D eigenvalue weighted by molar-refractivity contribution is 6.32. The standard InChI is InChI=1S/C33H29ClFN3O5/c34-28-13-23(18-38-29(10-11-39)33(40)41)31(42-19-21-12-20(15-36)16-37-17-21)14-32(28)43-30-9-8-26-25(2-1-3-27(26)30)22-4-6-24(35)7-5-22/h1-7,12-14,16-17,29-30,38-39H,8-11,18-19H2,(H,40,41)/t29-,30-/m0/s1. The topological polar surface area (TPSA) is 125 Å². The molecular formula is C33H29ClFN3O5. The number of aliphatic hydroxyl groups excluding tert-OH is 1. The maximum Gasteiger partial charge on any atom is 0.320 e. The Balaban J connectivity index is 1.42. The normalized spacial score (nSPS) is 14.5. The molecule has 1 aliphatic rings. The number of carboxylic acid groups (broad SMARTS) is 1. The van der Waals surface area contributed by atoms with Gasteiger partial charge in [-0.3, -0.25) is 9.78 Å². The number of fused-ring (bicyclic) bond motifs is 1. The number of hydrogen-bond acceptors (Lipinski definition) is 7. The molecule has 1 aliphatic carbocycles. The van der Waals surface area contributed by atoms with Gasteiger partial charge in [-0.05, 0) is 65.8 Å². The second-order valence-corrected chi connectivity index (χ2v) is 10.6. The Morgan fingerprint density at radius 3 is 2.72 bits per heavy atom. The average molecular weight is 602 g/mol.